The summed E-state index contributed by atoms with van der Waals surface area (Å²) in [6, 6.07) is 16.3. The molecule has 0 N–H and O–H groups in total. The van der Waals surface area contributed by atoms with Gasteiger partial charge in [0, 0.05) is 45.2 Å². The SMILES string of the molecule is O=C(C1CCN(Cc2cccc(Cl)c2Cl)CC1)N1CCN(Cc2ccccc2)CC1. The number of nitrogens with zero attached hydrogens (tertiary/aromatic N) is 3. The number of piperidine rings is 1. The van der Waals surface area contributed by atoms with Crippen LogP contribution in [0.3, 0.4) is 0 Å². The summed E-state index contributed by atoms with van der Waals surface area (Å²) in [4.78, 5) is 19.9. The number of piperazine rings is 1. The third-order valence-corrected chi connectivity index (χ3v) is 7.15. The van der Waals surface area contributed by atoms with Gasteiger partial charge in [0.2, 0.25) is 5.91 Å². The maximum Gasteiger partial charge on any atom is 0.225 e. The van der Waals surface area contributed by atoms with Crippen molar-refractivity contribution >= 4 is 29.1 Å². The van der Waals surface area contributed by atoms with E-state index in [9.17, 15) is 4.79 Å². The molecule has 30 heavy (non-hydrogen) atoms. The molecule has 1 amide bonds. The Balaban J connectivity index is 1.22. The summed E-state index contributed by atoms with van der Waals surface area (Å²) in [5.41, 5.74) is 2.40. The summed E-state index contributed by atoms with van der Waals surface area (Å²) in [6.07, 6.45) is 1.84. The minimum atomic E-state index is 0.150. The fourth-order valence-electron chi connectivity index (χ4n) is 4.48. The van der Waals surface area contributed by atoms with Crippen molar-refractivity contribution in [3.8, 4) is 0 Å². The van der Waals surface area contributed by atoms with E-state index in [0.717, 1.165) is 70.8 Å². The van der Waals surface area contributed by atoms with Gasteiger partial charge in [-0.05, 0) is 43.1 Å². The highest BCUT2D eigenvalue weighted by Crippen LogP contribution is 2.28. The zero-order chi connectivity index (χ0) is 20.9. The first kappa shape index (κ1) is 21.6. The predicted octanol–water partition coefficient (Wildman–Crippen LogP) is 4.55. The number of benzene rings is 2. The number of hydrogen-bond donors (Lipinski definition) is 0. The minimum Gasteiger partial charge on any atom is -0.340 e. The fourth-order valence-corrected chi connectivity index (χ4v) is 4.86. The Morgan fingerprint density at radius 1 is 0.800 bits per heavy atom. The van der Waals surface area contributed by atoms with Crippen LogP contribution in [0.1, 0.15) is 24.0 Å². The normalized spacial score (nSPS) is 19.2. The van der Waals surface area contributed by atoms with Crippen molar-refractivity contribution in [3.63, 3.8) is 0 Å². The fraction of sp³-hybridized carbons (Fsp3) is 0.458. The van der Waals surface area contributed by atoms with E-state index in [-0.39, 0.29) is 5.92 Å². The number of likely N-dealkylation sites (tertiary alicyclic amines) is 1. The van der Waals surface area contributed by atoms with Crippen molar-refractivity contribution in [2.24, 2.45) is 5.92 Å². The molecule has 2 heterocycles. The number of amides is 1. The third kappa shape index (κ3) is 5.36. The van der Waals surface area contributed by atoms with Crippen LogP contribution in [0, 0.1) is 5.92 Å². The van der Waals surface area contributed by atoms with Crippen LogP contribution in [0.5, 0.6) is 0 Å². The van der Waals surface area contributed by atoms with Gasteiger partial charge in [-0.25, -0.2) is 0 Å². The summed E-state index contributed by atoms with van der Waals surface area (Å²) in [5.74, 6) is 0.492. The molecule has 0 spiro atoms. The summed E-state index contributed by atoms with van der Waals surface area (Å²) in [7, 11) is 0. The molecule has 6 heteroatoms. The van der Waals surface area contributed by atoms with E-state index < -0.39 is 0 Å². The van der Waals surface area contributed by atoms with Crippen LogP contribution in [-0.4, -0.2) is 59.9 Å². The van der Waals surface area contributed by atoms with Gasteiger partial charge >= 0.3 is 0 Å². The van der Waals surface area contributed by atoms with Crippen LogP contribution in [0.2, 0.25) is 10.0 Å². The minimum absolute atomic E-state index is 0.150. The lowest BCUT2D eigenvalue weighted by Crippen LogP contribution is -2.51. The molecule has 0 aromatic heterocycles. The second-order valence-electron chi connectivity index (χ2n) is 8.35. The van der Waals surface area contributed by atoms with E-state index in [0.29, 0.717) is 16.0 Å². The van der Waals surface area contributed by atoms with Crippen molar-refractivity contribution in [2.45, 2.75) is 25.9 Å². The second kappa shape index (κ2) is 10.1. The Morgan fingerprint density at radius 3 is 2.17 bits per heavy atom. The predicted molar refractivity (Wildman–Crippen MR) is 123 cm³/mol. The molecular formula is C24H29Cl2N3O. The average molecular weight is 446 g/mol. The van der Waals surface area contributed by atoms with Crippen LogP contribution in [0.25, 0.3) is 0 Å². The Bertz CT molecular complexity index is 845. The average Bonchev–Trinajstić information content (AvgIpc) is 2.78. The molecule has 2 aromatic rings. The largest absolute Gasteiger partial charge is 0.340 e. The first-order valence-electron chi connectivity index (χ1n) is 10.8. The Hall–Kier alpha value is -1.59. The van der Waals surface area contributed by atoms with E-state index >= 15 is 0 Å². The van der Waals surface area contributed by atoms with Gasteiger partial charge in [-0.15, -0.1) is 0 Å². The van der Waals surface area contributed by atoms with E-state index in [1.54, 1.807) is 0 Å². The molecular weight excluding hydrogens is 417 g/mol. The van der Waals surface area contributed by atoms with Crippen molar-refractivity contribution < 1.29 is 4.79 Å². The highest BCUT2D eigenvalue weighted by atomic mass is 35.5. The van der Waals surface area contributed by atoms with E-state index in [1.807, 2.05) is 18.2 Å². The molecule has 0 aliphatic carbocycles. The van der Waals surface area contributed by atoms with Gasteiger partial charge in [0.15, 0.2) is 0 Å². The van der Waals surface area contributed by atoms with Gasteiger partial charge in [-0.1, -0.05) is 65.7 Å². The number of carbonyl (C=O) groups excluding carboxylic acids is 1. The standard InChI is InChI=1S/C24H29Cl2N3O/c25-22-8-4-7-21(23(22)26)18-27-11-9-20(10-12-27)24(30)29-15-13-28(14-16-29)17-19-5-2-1-3-6-19/h1-8,20H,9-18H2. The van der Waals surface area contributed by atoms with Gasteiger partial charge in [0.1, 0.15) is 0 Å². The maximum atomic E-state index is 13.0. The van der Waals surface area contributed by atoms with E-state index in [2.05, 4.69) is 45.0 Å². The summed E-state index contributed by atoms with van der Waals surface area (Å²) in [6.45, 7) is 7.18. The van der Waals surface area contributed by atoms with Crippen molar-refractivity contribution in [1.82, 2.24) is 14.7 Å². The van der Waals surface area contributed by atoms with Crippen LogP contribution < -0.4 is 0 Å². The molecule has 0 atom stereocenters. The zero-order valence-electron chi connectivity index (χ0n) is 17.3. The number of carbonyl (C=O) groups is 1. The smallest absolute Gasteiger partial charge is 0.225 e. The van der Waals surface area contributed by atoms with Crippen molar-refractivity contribution in [1.29, 1.82) is 0 Å². The summed E-state index contributed by atoms with van der Waals surface area (Å²) >= 11 is 12.5. The first-order chi connectivity index (χ1) is 14.6. The van der Waals surface area contributed by atoms with Crippen LogP contribution >= 0.6 is 23.2 Å². The van der Waals surface area contributed by atoms with Gasteiger partial charge in [-0.3, -0.25) is 14.6 Å². The summed E-state index contributed by atoms with van der Waals surface area (Å²) in [5, 5.41) is 1.25. The topological polar surface area (TPSA) is 26.8 Å². The van der Waals surface area contributed by atoms with Gasteiger partial charge in [-0.2, -0.15) is 0 Å². The number of halogens is 2. The lowest BCUT2D eigenvalue weighted by atomic mass is 9.94. The van der Waals surface area contributed by atoms with Crippen molar-refractivity contribution in [3.05, 3.63) is 69.7 Å². The Kier molecular flexibility index (Phi) is 7.32. The van der Waals surface area contributed by atoms with E-state index in [1.165, 1.54) is 5.56 Å². The van der Waals surface area contributed by atoms with Gasteiger partial charge < -0.3 is 4.90 Å². The first-order valence-corrected chi connectivity index (χ1v) is 11.6. The second-order valence-corrected chi connectivity index (χ2v) is 9.14. The molecule has 0 radical (unpaired) electrons. The van der Waals surface area contributed by atoms with E-state index in [4.69, 9.17) is 23.2 Å². The molecule has 0 saturated carbocycles. The number of rotatable bonds is 5. The molecule has 0 unspecified atom stereocenters. The molecule has 2 aliphatic heterocycles. The van der Waals surface area contributed by atoms with Gasteiger partial charge in [0.05, 0.1) is 10.0 Å². The highest BCUT2D eigenvalue weighted by molar-refractivity contribution is 6.42. The molecule has 0 bridgehead atoms. The lowest BCUT2D eigenvalue weighted by Gasteiger charge is -2.38. The van der Waals surface area contributed by atoms with Crippen LogP contribution in [0.15, 0.2) is 48.5 Å². The Morgan fingerprint density at radius 2 is 1.47 bits per heavy atom. The zero-order valence-corrected chi connectivity index (χ0v) is 18.8. The lowest BCUT2D eigenvalue weighted by molar-refractivity contribution is -0.139. The van der Waals surface area contributed by atoms with Crippen LogP contribution in [-0.2, 0) is 17.9 Å². The molecule has 2 aliphatic rings. The third-order valence-electron chi connectivity index (χ3n) is 6.30. The summed E-state index contributed by atoms with van der Waals surface area (Å²) < 4.78 is 0. The molecule has 4 rings (SSSR count). The van der Waals surface area contributed by atoms with Crippen LogP contribution in [0.4, 0.5) is 0 Å². The molecule has 160 valence electrons. The van der Waals surface area contributed by atoms with Crippen molar-refractivity contribution in [2.75, 3.05) is 39.3 Å². The molecule has 4 nitrogen and oxygen atoms in total. The van der Waals surface area contributed by atoms with Gasteiger partial charge in [0.25, 0.3) is 0 Å². The quantitative estimate of drug-likeness (QED) is 0.675. The Labute approximate surface area is 189 Å². The molecule has 2 aromatic carbocycles. The highest BCUT2D eigenvalue weighted by Gasteiger charge is 2.30. The molecule has 2 saturated heterocycles. The monoisotopic (exact) mass is 445 g/mol. The maximum absolute atomic E-state index is 13.0. The molecule has 2 fully saturated rings. The number of hydrogen-bond acceptors (Lipinski definition) is 3.